The molecule has 4 aromatic heterocycles. The summed E-state index contributed by atoms with van der Waals surface area (Å²) in [5, 5.41) is 12.2. The summed E-state index contributed by atoms with van der Waals surface area (Å²) in [4.78, 5) is 19.8. The Hall–Kier alpha value is -3.76. The molecule has 0 saturated heterocycles. The Morgan fingerprint density at radius 1 is 1.13 bits per heavy atom. The van der Waals surface area contributed by atoms with Gasteiger partial charge in [0.15, 0.2) is 5.82 Å². The van der Waals surface area contributed by atoms with Crippen molar-refractivity contribution >= 4 is 16.8 Å². The fourth-order valence-electron chi connectivity index (χ4n) is 2.94. The molecule has 0 saturated carbocycles. The first kappa shape index (κ1) is 19.6. The maximum Gasteiger partial charge on any atom is 0.417 e. The van der Waals surface area contributed by atoms with Crippen molar-refractivity contribution in [3.05, 3.63) is 66.0 Å². The maximum atomic E-state index is 12.7. The number of nitrogens with zero attached hydrogens (tertiary/aromatic N) is 6. The van der Waals surface area contributed by atoms with Crippen LogP contribution in [0, 0.1) is 0 Å². The highest BCUT2D eigenvalue weighted by atomic mass is 19.4. The predicted molar refractivity (Wildman–Crippen MR) is 101 cm³/mol. The second-order valence-electron chi connectivity index (χ2n) is 6.52. The van der Waals surface area contributed by atoms with Gasteiger partial charge >= 0.3 is 6.18 Å². The van der Waals surface area contributed by atoms with Crippen LogP contribution < -0.4 is 5.32 Å². The summed E-state index contributed by atoms with van der Waals surface area (Å²) in [5.74, 6) is 0.127. The average Bonchev–Trinajstić information content (AvgIpc) is 3.35. The molecule has 0 spiro atoms. The van der Waals surface area contributed by atoms with Crippen molar-refractivity contribution in [3.63, 3.8) is 0 Å². The zero-order valence-electron chi connectivity index (χ0n) is 15.8. The van der Waals surface area contributed by atoms with Gasteiger partial charge in [-0.3, -0.25) is 14.5 Å². The summed E-state index contributed by atoms with van der Waals surface area (Å²) in [6, 6.07) is 5.71. The maximum absolute atomic E-state index is 12.7. The SMILES string of the molecule is CNC(=O)Cc1nccc2nn(Cc3ccn(-c4ccc(C(F)(F)F)cn4)n3)cc12. The third kappa shape index (κ3) is 4.00. The van der Waals surface area contributed by atoms with Crippen LogP contribution in [0.5, 0.6) is 0 Å². The zero-order chi connectivity index (χ0) is 21.3. The zero-order valence-corrected chi connectivity index (χ0v) is 15.8. The van der Waals surface area contributed by atoms with Crippen molar-refractivity contribution in [2.75, 3.05) is 7.05 Å². The molecule has 4 aromatic rings. The fourth-order valence-corrected chi connectivity index (χ4v) is 2.94. The van der Waals surface area contributed by atoms with Crippen LogP contribution in [0.2, 0.25) is 0 Å². The number of alkyl halides is 3. The molecule has 4 heterocycles. The van der Waals surface area contributed by atoms with Crippen LogP contribution in [0.25, 0.3) is 16.7 Å². The predicted octanol–water partition coefficient (Wildman–Crippen LogP) is 2.37. The van der Waals surface area contributed by atoms with Crippen LogP contribution in [0.15, 0.2) is 49.1 Å². The Morgan fingerprint density at radius 2 is 1.97 bits per heavy atom. The molecule has 30 heavy (non-hydrogen) atoms. The van der Waals surface area contributed by atoms with Crippen LogP contribution in [0.3, 0.4) is 0 Å². The molecule has 0 bridgehead atoms. The topological polar surface area (TPSA) is 90.5 Å². The van der Waals surface area contributed by atoms with Gasteiger partial charge in [-0.05, 0) is 24.3 Å². The highest BCUT2D eigenvalue weighted by molar-refractivity contribution is 5.86. The van der Waals surface area contributed by atoms with Crippen LogP contribution in [-0.4, -0.2) is 42.5 Å². The summed E-state index contributed by atoms with van der Waals surface area (Å²) in [6.45, 7) is 0.335. The molecule has 0 fully saturated rings. The summed E-state index contributed by atoms with van der Waals surface area (Å²) in [6.07, 6.45) is 1.49. The van der Waals surface area contributed by atoms with E-state index in [1.54, 1.807) is 42.5 Å². The average molecular weight is 415 g/mol. The van der Waals surface area contributed by atoms with Gasteiger partial charge in [-0.2, -0.15) is 23.4 Å². The van der Waals surface area contributed by atoms with E-state index in [-0.39, 0.29) is 18.1 Å². The van der Waals surface area contributed by atoms with Gasteiger partial charge in [-0.25, -0.2) is 9.67 Å². The normalized spacial score (nSPS) is 11.7. The summed E-state index contributed by atoms with van der Waals surface area (Å²) >= 11 is 0. The van der Waals surface area contributed by atoms with E-state index in [0.29, 0.717) is 23.4 Å². The van der Waals surface area contributed by atoms with Crippen molar-refractivity contribution in [2.24, 2.45) is 0 Å². The minimum atomic E-state index is -4.44. The van der Waals surface area contributed by atoms with Gasteiger partial charge < -0.3 is 5.32 Å². The lowest BCUT2D eigenvalue weighted by molar-refractivity contribution is -0.137. The standard InChI is InChI=1S/C19H16F3N7O/c1-23-18(30)8-16-14-11-28(27-15(14)4-6-24-16)10-13-5-7-29(26-13)17-3-2-12(9-25-17)19(20,21)22/h2-7,9,11H,8,10H2,1H3,(H,23,30). The van der Waals surface area contributed by atoms with Crippen molar-refractivity contribution in [1.82, 2.24) is 34.8 Å². The first-order valence-electron chi connectivity index (χ1n) is 8.93. The Kier molecular flexibility index (Phi) is 4.94. The number of nitrogens with one attached hydrogen (secondary N) is 1. The minimum Gasteiger partial charge on any atom is -0.359 e. The van der Waals surface area contributed by atoms with E-state index < -0.39 is 11.7 Å². The third-order valence-corrected chi connectivity index (χ3v) is 4.45. The molecule has 0 atom stereocenters. The molecular formula is C19H16F3N7O. The van der Waals surface area contributed by atoms with E-state index in [1.165, 1.54) is 10.7 Å². The number of hydrogen-bond acceptors (Lipinski definition) is 5. The number of pyridine rings is 2. The first-order valence-corrected chi connectivity index (χ1v) is 8.93. The molecule has 0 aromatic carbocycles. The number of rotatable bonds is 5. The molecular weight excluding hydrogens is 399 g/mol. The molecule has 8 nitrogen and oxygen atoms in total. The second-order valence-corrected chi connectivity index (χ2v) is 6.52. The molecule has 1 N–H and O–H groups in total. The van der Waals surface area contributed by atoms with E-state index in [9.17, 15) is 18.0 Å². The highest BCUT2D eigenvalue weighted by Gasteiger charge is 2.30. The van der Waals surface area contributed by atoms with Crippen LogP contribution in [0.1, 0.15) is 17.0 Å². The Balaban J connectivity index is 1.54. The minimum absolute atomic E-state index is 0.147. The second kappa shape index (κ2) is 7.58. The van der Waals surface area contributed by atoms with Gasteiger partial charge in [0, 0.05) is 37.2 Å². The summed E-state index contributed by atoms with van der Waals surface area (Å²) < 4.78 is 41.1. The fraction of sp³-hybridized carbons (Fsp3) is 0.211. The number of aromatic nitrogens is 6. The van der Waals surface area contributed by atoms with Crippen molar-refractivity contribution in [2.45, 2.75) is 19.1 Å². The lowest BCUT2D eigenvalue weighted by atomic mass is 10.2. The number of carbonyl (C=O) groups excluding carboxylic acids is 1. The molecule has 0 unspecified atom stereocenters. The van der Waals surface area contributed by atoms with Crippen molar-refractivity contribution in [1.29, 1.82) is 0 Å². The van der Waals surface area contributed by atoms with Gasteiger partial charge in [0.25, 0.3) is 0 Å². The molecule has 1 amide bonds. The van der Waals surface area contributed by atoms with Gasteiger partial charge in [0.1, 0.15) is 0 Å². The molecule has 0 aliphatic carbocycles. The summed E-state index contributed by atoms with van der Waals surface area (Å²) in [7, 11) is 1.56. The first-order chi connectivity index (χ1) is 14.3. The van der Waals surface area contributed by atoms with Crippen LogP contribution in [-0.2, 0) is 23.9 Å². The third-order valence-electron chi connectivity index (χ3n) is 4.45. The molecule has 11 heteroatoms. The monoisotopic (exact) mass is 415 g/mol. The Labute approximate surface area is 168 Å². The number of hydrogen-bond donors (Lipinski definition) is 1. The number of likely N-dealkylation sites (N-methyl/N-ethyl adjacent to an activating group) is 1. The summed E-state index contributed by atoms with van der Waals surface area (Å²) in [5.41, 5.74) is 1.15. The lowest BCUT2D eigenvalue weighted by Crippen LogP contribution is -2.20. The van der Waals surface area contributed by atoms with E-state index in [1.807, 2.05) is 0 Å². The largest absolute Gasteiger partial charge is 0.417 e. The van der Waals surface area contributed by atoms with Gasteiger partial charge in [0.05, 0.1) is 35.4 Å². The van der Waals surface area contributed by atoms with Gasteiger partial charge in [-0.1, -0.05) is 0 Å². The van der Waals surface area contributed by atoms with Crippen LogP contribution in [0.4, 0.5) is 13.2 Å². The molecule has 154 valence electrons. The van der Waals surface area contributed by atoms with Crippen molar-refractivity contribution < 1.29 is 18.0 Å². The van der Waals surface area contributed by atoms with Crippen molar-refractivity contribution in [3.8, 4) is 5.82 Å². The number of carbonyl (C=O) groups is 1. The quantitative estimate of drug-likeness (QED) is 0.541. The van der Waals surface area contributed by atoms with E-state index in [4.69, 9.17) is 0 Å². The Morgan fingerprint density at radius 3 is 2.67 bits per heavy atom. The van der Waals surface area contributed by atoms with E-state index in [2.05, 4.69) is 25.5 Å². The van der Waals surface area contributed by atoms with E-state index >= 15 is 0 Å². The molecule has 0 aliphatic heterocycles. The van der Waals surface area contributed by atoms with Crippen LogP contribution >= 0.6 is 0 Å². The molecule has 0 radical (unpaired) electrons. The molecule has 0 aliphatic rings. The van der Waals surface area contributed by atoms with Gasteiger partial charge in [0.2, 0.25) is 5.91 Å². The number of halogens is 3. The van der Waals surface area contributed by atoms with E-state index in [0.717, 1.165) is 17.6 Å². The number of amides is 1. The highest BCUT2D eigenvalue weighted by Crippen LogP contribution is 2.28. The lowest BCUT2D eigenvalue weighted by Gasteiger charge is -2.06. The molecule has 4 rings (SSSR count). The van der Waals surface area contributed by atoms with Gasteiger partial charge in [-0.15, -0.1) is 0 Å². The number of fused-ring (bicyclic) bond motifs is 1. The Bertz CT molecular complexity index is 1200. The smallest absolute Gasteiger partial charge is 0.359 e.